The van der Waals surface area contributed by atoms with Gasteiger partial charge in [0.25, 0.3) is 5.91 Å². The number of hydrogen-bond acceptors (Lipinski definition) is 4. The van der Waals surface area contributed by atoms with Crippen LogP contribution in [0.5, 0.6) is 0 Å². The molecular formula is C19H19N3O2. The predicted octanol–water partition coefficient (Wildman–Crippen LogP) is 2.46. The average Bonchev–Trinajstić information content (AvgIpc) is 3.06. The van der Waals surface area contributed by atoms with Gasteiger partial charge in [0.05, 0.1) is 18.2 Å². The van der Waals surface area contributed by atoms with Gasteiger partial charge in [-0.2, -0.15) is 5.26 Å². The van der Waals surface area contributed by atoms with Crippen LogP contribution in [-0.2, 0) is 4.74 Å². The van der Waals surface area contributed by atoms with Gasteiger partial charge in [-0.15, -0.1) is 0 Å². The standard InChI is InChI=1S/C19H19N3O2/c1-24-13-16-11-22(12-17(16)18-7-2-3-8-21-18)19(23)15-6-4-5-14(9-15)10-20/h2-9,16-17H,11-13H2,1H3/t16-,17+/m0/s1. The third kappa shape index (κ3) is 3.29. The number of likely N-dealkylation sites (tertiary alicyclic amines) is 1. The minimum atomic E-state index is -0.0494. The monoisotopic (exact) mass is 321 g/mol. The van der Waals surface area contributed by atoms with E-state index in [4.69, 9.17) is 10.00 Å². The number of ether oxygens (including phenoxy) is 1. The lowest BCUT2D eigenvalue weighted by molar-refractivity contribution is 0.0775. The number of nitrogens with zero attached hydrogens (tertiary/aromatic N) is 3. The van der Waals surface area contributed by atoms with E-state index in [0.717, 1.165) is 5.69 Å². The van der Waals surface area contributed by atoms with Crippen molar-refractivity contribution in [3.63, 3.8) is 0 Å². The van der Waals surface area contributed by atoms with E-state index >= 15 is 0 Å². The average molecular weight is 321 g/mol. The second-order valence-electron chi connectivity index (χ2n) is 5.98. The zero-order valence-electron chi connectivity index (χ0n) is 13.6. The van der Waals surface area contributed by atoms with Crippen LogP contribution in [0.15, 0.2) is 48.7 Å². The zero-order chi connectivity index (χ0) is 16.9. The van der Waals surface area contributed by atoms with Crippen LogP contribution in [0.1, 0.15) is 27.5 Å². The highest BCUT2D eigenvalue weighted by atomic mass is 16.5. The molecule has 3 rings (SSSR count). The summed E-state index contributed by atoms with van der Waals surface area (Å²) in [5.41, 5.74) is 2.03. The van der Waals surface area contributed by atoms with E-state index in [2.05, 4.69) is 11.1 Å². The van der Waals surface area contributed by atoms with Gasteiger partial charge < -0.3 is 9.64 Å². The molecule has 1 aromatic carbocycles. The maximum atomic E-state index is 12.8. The predicted molar refractivity (Wildman–Crippen MR) is 89.4 cm³/mol. The third-order valence-corrected chi connectivity index (χ3v) is 4.42. The van der Waals surface area contributed by atoms with Crippen molar-refractivity contribution in [2.24, 2.45) is 5.92 Å². The Morgan fingerprint density at radius 1 is 1.33 bits per heavy atom. The van der Waals surface area contributed by atoms with Crippen molar-refractivity contribution in [3.8, 4) is 6.07 Å². The molecular weight excluding hydrogens is 302 g/mol. The molecule has 0 bridgehead atoms. The number of benzene rings is 1. The molecule has 2 aromatic rings. The van der Waals surface area contributed by atoms with Gasteiger partial charge in [0, 0.05) is 49.5 Å². The number of hydrogen-bond donors (Lipinski definition) is 0. The molecule has 0 saturated carbocycles. The molecule has 24 heavy (non-hydrogen) atoms. The molecule has 1 saturated heterocycles. The Morgan fingerprint density at radius 2 is 2.21 bits per heavy atom. The number of methoxy groups -OCH3 is 1. The van der Waals surface area contributed by atoms with Gasteiger partial charge >= 0.3 is 0 Å². The van der Waals surface area contributed by atoms with E-state index in [1.165, 1.54) is 0 Å². The Kier molecular flexibility index (Phi) is 4.88. The molecule has 1 amide bonds. The van der Waals surface area contributed by atoms with E-state index in [0.29, 0.717) is 30.8 Å². The van der Waals surface area contributed by atoms with E-state index < -0.39 is 0 Å². The lowest BCUT2D eigenvalue weighted by Crippen LogP contribution is -2.29. The van der Waals surface area contributed by atoms with Crippen LogP contribution >= 0.6 is 0 Å². The summed E-state index contributed by atoms with van der Waals surface area (Å²) in [6.45, 7) is 1.83. The highest BCUT2D eigenvalue weighted by Gasteiger charge is 2.37. The number of pyridine rings is 1. The summed E-state index contributed by atoms with van der Waals surface area (Å²) >= 11 is 0. The Bertz CT molecular complexity index is 755. The summed E-state index contributed by atoms with van der Waals surface area (Å²) in [5.74, 6) is 0.328. The maximum Gasteiger partial charge on any atom is 0.253 e. The molecule has 0 N–H and O–H groups in total. The minimum Gasteiger partial charge on any atom is -0.384 e. The van der Waals surface area contributed by atoms with E-state index in [1.807, 2.05) is 23.1 Å². The fourth-order valence-electron chi connectivity index (χ4n) is 3.25. The van der Waals surface area contributed by atoms with Crippen molar-refractivity contribution in [2.75, 3.05) is 26.8 Å². The van der Waals surface area contributed by atoms with E-state index in [9.17, 15) is 4.79 Å². The normalized spacial score (nSPS) is 19.9. The molecule has 1 aromatic heterocycles. The first kappa shape index (κ1) is 16.2. The van der Waals surface area contributed by atoms with Crippen molar-refractivity contribution in [2.45, 2.75) is 5.92 Å². The molecule has 122 valence electrons. The van der Waals surface area contributed by atoms with Crippen molar-refractivity contribution in [1.29, 1.82) is 5.26 Å². The van der Waals surface area contributed by atoms with Crippen LogP contribution in [0.2, 0.25) is 0 Å². The van der Waals surface area contributed by atoms with Gasteiger partial charge in [-0.05, 0) is 30.3 Å². The number of nitriles is 1. The van der Waals surface area contributed by atoms with Gasteiger partial charge in [-0.25, -0.2) is 0 Å². The van der Waals surface area contributed by atoms with Crippen LogP contribution in [0.4, 0.5) is 0 Å². The molecule has 0 spiro atoms. The SMILES string of the molecule is COC[C@@H]1CN(C(=O)c2cccc(C#N)c2)C[C@H]1c1ccccn1. The highest BCUT2D eigenvalue weighted by Crippen LogP contribution is 2.32. The molecule has 1 aliphatic rings. The van der Waals surface area contributed by atoms with Crippen molar-refractivity contribution >= 4 is 5.91 Å². The summed E-state index contributed by atoms with van der Waals surface area (Å²) < 4.78 is 5.34. The second-order valence-corrected chi connectivity index (χ2v) is 5.98. The molecule has 2 heterocycles. The van der Waals surface area contributed by atoms with E-state index in [1.54, 1.807) is 37.6 Å². The molecule has 0 aliphatic carbocycles. The van der Waals surface area contributed by atoms with Crippen LogP contribution < -0.4 is 0 Å². The Morgan fingerprint density at radius 3 is 2.92 bits per heavy atom. The van der Waals surface area contributed by atoms with Crippen molar-refractivity contribution in [3.05, 3.63) is 65.5 Å². The summed E-state index contributed by atoms with van der Waals surface area (Å²) in [6.07, 6.45) is 1.78. The first-order valence-corrected chi connectivity index (χ1v) is 7.92. The Hall–Kier alpha value is -2.71. The van der Waals surface area contributed by atoms with E-state index in [-0.39, 0.29) is 17.7 Å². The first-order chi connectivity index (χ1) is 11.7. The molecule has 0 unspecified atom stereocenters. The van der Waals surface area contributed by atoms with Gasteiger partial charge in [-0.3, -0.25) is 9.78 Å². The van der Waals surface area contributed by atoms with Gasteiger partial charge in [0.15, 0.2) is 0 Å². The Balaban J connectivity index is 1.82. The molecule has 1 fully saturated rings. The maximum absolute atomic E-state index is 12.8. The highest BCUT2D eigenvalue weighted by molar-refractivity contribution is 5.94. The summed E-state index contributed by atoms with van der Waals surface area (Å²) in [7, 11) is 1.68. The quantitative estimate of drug-likeness (QED) is 0.867. The lowest BCUT2D eigenvalue weighted by Gasteiger charge is -2.16. The van der Waals surface area contributed by atoms with Gasteiger partial charge in [0.2, 0.25) is 0 Å². The van der Waals surface area contributed by atoms with Crippen LogP contribution in [-0.4, -0.2) is 42.6 Å². The van der Waals surface area contributed by atoms with Crippen molar-refractivity contribution < 1.29 is 9.53 Å². The third-order valence-electron chi connectivity index (χ3n) is 4.42. The number of carbonyl (C=O) groups excluding carboxylic acids is 1. The fourth-order valence-corrected chi connectivity index (χ4v) is 3.25. The molecule has 5 heteroatoms. The van der Waals surface area contributed by atoms with Crippen LogP contribution in [0.3, 0.4) is 0 Å². The van der Waals surface area contributed by atoms with Crippen LogP contribution in [0.25, 0.3) is 0 Å². The number of aromatic nitrogens is 1. The Labute approximate surface area is 141 Å². The lowest BCUT2D eigenvalue weighted by atomic mass is 9.93. The molecule has 0 radical (unpaired) electrons. The summed E-state index contributed by atoms with van der Waals surface area (Å²) in [4.78, 5) is 19.1. The number of carbonyl (C=O) groups is 1. The summed E-state index contributed by atoms with van der Waals surface area (Å²) in [5, 5.41) is 9.01. The minimum absolute atomic E-state index is 0.0494. The second kappa shape index (κ2) is 7.24. The fraction of sp³-hybridized carbons (Fsp3) is 0.316. The number of amides is 1. The van der Waals surface area contributed by atoms with Gasteiger partial charge in [0.1, 0.15) is 0 Å². The zero-order valence-corrected chi connectivity index (χ0v) is 13.6. The topological polar surface area (TPSA) is 66.2 Å². The molecule has 1 aliphatic heterocycles. The molecule has 2 atom stereocenters. The smallest absolute Gasteiger partial charge is 0.253 e. The molecule has 5 nitrogen and oxygen atoms in total. The van der Waals surface area contributed by atoms with Gasteiger partial charge in [-0.1, -0.05) is 12.1 Å². The first-order valence-electron chi connectivity index (χ1n) is 7.92. The number of rotatable bonds is 4. The summed E-state index contributed by atoms with van der Waals surface area (Å²) in [6, 6.07) is 14.8. The van der Waals surface area contributed by atoms with Crippen molar-refractivity contribution in [1.82, 2.24) is 9.88 Å². The largest absolute Gasteiger partial charge is 0.384 e. The van der Waals surface area contributed by atoms with Crippen LogP contribution in [0, 0.1) is 17.2 Å².